The third-order valence-corrected chi connectivity index (χ3v) is 6.99. The first-order valence-corrected chi connectivity index (χ1v) is 10.3. The number of ketones is 3. The summed E-state index contributed by atoms with van der Waals surface area (Å²) in [5.41, 5.74) is 1.88. The molecule has 1 aromatic carbocycles. The molecule has 0 aromatic heterocycles. The van der Waals surface area contributed by atoms with Gasteiger partial charge in [0, 0.05) is 17.1 Å². The van der Waals surface area contributed by atoms with Crippen LogP contribution in [-0.2, 0) is 16.0 Å². The molecule has 0 saturated heterocycles. The van der Waals surface area contributed by atoms with E-state index in [2.05, 4.69) is 0 Å². The van der Waals surface area contributed by atoms with Crippen molar-refractivity contribution in [3.63, 3.8) is 0 Å². The van der Waals surface area contributed by atoms with E-state index >= 15 is 0 Å². The van der Waals surface area contributed by atoms with Crippen molar-refractivity contribution in [2.24, 2.45) is 17.6 Å². The van der Waals surface area contributed by atoms with Gasteiger partial charge < -0.3 is 26.2 Å². The van der Waals surface area contributed by atoms with Gasteiger partial charge in [-0.1, -0.05) is 0 Å². The first-order valence-electron chi connectivity index (χ1n) is 10.3. The first kappa shape index (κ1) is 22.7. The number of allylic oxidation sites excluding steroid dienone is 1. The second kappa shape index (κ2) is 7.26. The number of nitrogens with two attached hydrogens (primary N) is 1. The third kappa shape index (κ3) is 2.87. The van der Waals surface area contributed by atoms with Gasteiger partial charge in [-0.15, -0.1) is 0 Å². The van der Waals surface area contributed by atoms with E-state index in [0.717, 1.165) is 0 Å². The number of nitrogens with zero attached hydrogens (tertiary/aromatic N) is 1. The van der Waals surface area contributed by atoms with Gasteiger partial charge in [-0.25, -0.2) is 0 Å². The third-order valence-electron chi connectivity index (χ3n) is 6.99. The SMILES string of the molecule is CC(=O)c1ccc(O)c2c1CC1CC3C(N(C)C)C(O)=C(C(N)=O)C(=O)[C@@]3(O)C(O)=C1C2=O. The summed E-state index contributed by atoms with van der Waals surface area (Å²) in [7, 11) is 3.11. The minimum Gasteiger partial charge on any atom is -0.510 e. The number of hydrogen-bond acceptors (Lipinski definition) is 9. The molecule has 0 radical (unpaired) electrons. The van der Waals surface area contributed by atoms with Crippen molar-refractivity contribution in [3.8, 4) is 5.75 Å². The quantitative estimate of drug-likeness (QED) is 0.316. The molecule has 0 aliphatic heterocycles. The lowest BCUT2D eigenvalue weighted by Gasteiger charge is -2.50. The zero-order valence-electron chi connectivity index (χ0n) is 18.2. The number of benzene rings is 1. The van der Waals surface area contributed by atoms with Crippen LogP contribution in [0.5, 0.6) is 5.75 Å². The monoisotopic (exact) mass is 456 g/mol. The highest BCUT2D eigenvalue weighted by Crippen LogP contribution is 2.52. The average molecular weight is 456 g/mol. The zero-order valence-corrected chi connectivity index (χ0v) is 18.2. The van der Waals surface area contributed by atoms with Crippen LogP contribution in [-0.4, -0.2) is 74.3 Å². The molecule has 0 heterocycles. The first-order chi connectivity index (χ1) is 15.3. The maximum atomic E-state index is 13.4. The maximum Gasteiger partial charge on any atom is 0.255 e. The van der Waals surface area contributed by atoms with Crippen molar-refractivity contribution >= 4 is 23.3 Å². The zero-order chi connectivity index (χ0) is 24.6. The molecule has 10 heteroatoms. The Kier molecular flexibility index (Phi) is 4.99. The summed E-state index contributed by atoms with van der Waals surface area (Å²) < 4.78 is 0. The summed E-state index contributed by atoms with van der Waals surface area (Å²) in [6, 6.07) is 1.55. The predicted octanol–water partition coefficient (Wildman–Crippen LogP) is 0.323. The minimum absolute atomic E-state index is 0.0290. The molecule has 3 aliphatic rings. The van der Waals surface area contributed by atoms with E-state index in [4.69, 9.17) is 5.73 Å². The van der Waals surface area contributed by atoms with Gasteiger partial charge in [0.2, 0.25) is 5.78 Å². The van der Waals surface area contributed by atoms with Crippen LogP contribution in [0.1, 0.15) is 39.6 Å². The Morgan fingerprint density at radius 1 is 1.15 bits per heavy atom. The van der Waals surface area contributed by atoms with Crippen LogP contribution in [0.25, 0.3) is 0 Å². The Balaban J connectivity index is 1.99. The lowest BCUT2D eigenvalue weighted by Crippen LogP contribution is -2.63. The summed E-state index contributed by atoms with van der Waals surface area (Å²) in [4.78, 5) is 52.1. The fraction of sp³-hybridized carbons (Fsp3) is 0.391. The van der Waals surface area contributed by atoms with Gasteiger partial charge in [0.1, 0.15) is 22.8 Å². The van der Waals surface area contributed by atoms with Gasteiger partial charge in [-0.3, -0.25) is 24.1 Å². The molecule has 3 unspecified atom stereocenters. The molecule has 3 aliphatic carbocycles. The van der Waals surface area contributed by atoms with Gasteiger partial charge >= 0.3 is 0 Å². The number of hydrogen-bond donors (Lipinski definition) is 5. The predicted molar refractivity (Wildman–Crippen MR) is 114 cm³/mol. The van der Waals surface area contributed by atoms with E-state index < -0.39 is 63.8 Å². The van der Waals surface area contributed by atoms with Gasteiger partial charge in [0.25, 0.3) is 5.91 Å². The largest absolute Gasteiger partial charge is 0.510 e. The van der Waals surface area contributed by atoms with Crippen molar-refractivity contribution in [2.75, 3.05) is 14.1 Å². The standard InChI is InChI=1S/C23H24N2O8/c1-8(26)10-4-5-13(27)15-11(10)6-9-7-12-17(25(2)3)19(29)16(22(24)32)21(31)23(12,33)20(30)14(9)18(15)28/h4-5,9,12,17,27,29-30,33H,6-7H2,1-3H3,(H2,24,32)/t9?,12?,17?,23-/m0/s1. The molecule has 10 nitrogen and oxygen atoms in total. The highest BCUT2D eigenvalue weighted by Gasteiger charge is 2.63. The van der Waals surface area contributed by atoms with Crippen molar-refractivity contribution in [2.45, 2.75) is 31.4 Å². The number of aromatic hydroxyl groups is 1. The van der Waals surface area contributed by atoms with Crippen LogP contribution in [0.4, 0.5) is 0 Å². The van der Waals surface area contributed by atoms with Crippen molar-refractivity contribution < 1.29 is 39.6 Å². The Bertz CT molecular complexity index is 1210. The molecule has 1 aromatic rings. The van der Waals surface area contributed by atoms with E-state index in [0.29, 0.717) is 5.56 Å². The van der Waals surface area contributed by atoms with E-state index in [-0.39, 0.29) is 35.3 Å². The highest BCUT2D eigenvalue weighted by atomic mass is 16.3. The van der Waals surface area contributed by atoms with Crippen LogP contribution in [0.2, 0.25) is 0 Å². The smallest absolute Gasteiger partial charge is 0.255 e. The average Bonchev–Trinajstić information content (AvgIpc) is 2.70. The molecule has 33 heavy (non-hydrogen) atoms. The molecule has 0 saturated carbocycles. The second-order valence-electron chi connectivity index (χ2n) is 9.01. The Morgan fingerprint density at radius 2 is 1.79 bits per heavy atom. The summed E-state index contributed by atoms with van der Waals surface area (Å²) >= 11 is 0. The minimum atomic E-state index is -2.68. The van der Waals surface area contributed by atoms with Gasteiger partial charge in [-0.2, -0.15) is 0 Å². The van der Waals surface area contributed by atoms with Gasteiger partial charge in [0.05, 0.1) is 11.6 Å². The van der Waals surface area contributed by atoms with Gasteiger partial charge in [0.15, 0.2) is 17.2 Å². The number of carbonyl (C=O) groups is 4. The lowest BCUT2D eigenvalue weighted by atomic mass is 9.58. The number of phenolic OH excluding ortho intramolecular Hbond substituents is 1. The molecule has 4 atom stereocenters. The Labute approximate surface area is 188 Å². The van der Waals surface area contributed by atoms with Crippen molar-refractivity contribution in [3.05, 3.63) is 51.5 Å². The summed E-state index contributed by atoms with van der Waals surface area (Å²) in [6.45, 7) is 1.33. The number of fused-ring (bicyclic) bond motifs is 3. The van der Waals surface area contributed by atoms with Crippen molar-refractivity contribution in [1.82, 2.24) is 4.90 Å². The van der Waals surface area contributed by atoms with Crippen LogP contribution in [0.3, 0.4) is 0 Å². The molecule has 1 amide bonds. The van der Waals surface area contributed by atoms with E-state index in [9.17, 15) is 39.6 Å². The number of aliphatic hydroxyl groups excluding tert-OH is 2. The topological polar surface area (TPSA) is 178 Å². The normalized spacial score (nSPS) is 29.1. The number of phenols is 1. The molecular weight excluding hydrogens is 432 g/mol. The molecule has 0 fully saturated rings. The van der Waals surface area contributed by atoms with E-state index in [1.165, 1.54) is 24.0 Å². The number of carbonyl (C=O) groups excluding carboxylic acids is 4. The molecular formula is C23H24N2O8. The number of amides is 1. The maximum absolute atomic E-state index is 13.4. The Hall–Kier alpha value is -3.50. The van der Waals surface area contributed by atoms with Crippen LogP contribution < -0.4 is 5.73 Å². The fourth-order valence-electron chi connectivity index (χ4n) is 5.58. The molecule has 4 rings (SSSR count). The molecule has 6 N–H and O–H groups in total. The van der Waals surface area contributed by atoms with Crippen LogP contribution in [0.15, 0.2) is 34.8 Å². The number of aliphatic hydroxyl groups is 3. The number of rotatable bonds is 3. The molecule has 0 spiro atoms. The van der Waals surface area contributed by atoms with E-state index in [1.54, 1.807) is 14.1 Å². The number of Topliss-reactive ketones (excluding diaryl/α,β-unsaturated/α-hetero) is 3. The summed E-state index contributed by atoms with van der Waals surface area (Å²) in [6.07, 6.45) is 0.0522. The summed E-state index contributed by atoms with van der Waals surface area (Å²) in [5.74, 6) is -7.49. The van der Waals surface area contributed by atoms with E-state index in [1.807, 2.05) is 0 Å². The van der Waals surface area contributed by atoms with Crippen LogP contribution >= 0.6 is 0 Å². The van der Waals surface area contributed by atoms with Crippen molar-refractivity contribution in [1.29, 1.82) is 0 Å². The molecule has 174 valence electrons. The highest BCUT2D eigenvalue weighted by molar-refractivity contribution is 6.25. The van der Waals surface area contributed by atoms with Gasteiger partial charge in [-0.05, 0) is 57.5 Å². The number of primary amides is 1. The number of likely N-dealkylation sites (N-methyl/N-ethyl adjacent to an activating group) is 1. The fourth-order valence-corrected chi connectivity index (χ4v) is 5.58. The summed E-state index contributed by atoms with van der Waals surface area (Å²) in [5, 5.41) is 43.7. The lowest BCUT2D eigenvalue weighted by molar-refractivity contribution is -0.148. The molecule has 0 bridgehead atoms. The Morgan fingerprint density at radius 3 is 2.33 bits per heavy atom. The second-order valence-corrected chi connectivity index (χ2v) is 9.01. The van der Waals surface area contributed by atoms with Crippen LogP contribution in [0, 0.1) is 11.8 Å².